The van der Waals surface area contributed by atoms with Crippen molar-refractivity contribution in [3.05, 3.63) is 84.3 Å². The molecule has 0 fully saturated rings. The largest absolute Gasteiger partial charge is 1.00 e. The van der Waals surface area contributed by atoms with Gasteiger partial charge in [-0.15, -0.1) is 0 Å². The molecule has 0 saturated heterocycles. The monoisotopic (exact) mass is 644 g/mol. The molecule has 0 heterocycles. The second-order valence-electron chi connectivity index (χ2n) is 9.22. The molecule has 0 unspecified atom stereocenters. The van der Waals surface area contributed by atoms with Gasteiger partial charge in [-0.2, -0.15) is 8.42 Å². The molecule has 2 aromatic carbocycles. The molecule has 0 saturated carbocycles. The van der Waals surface area contributed by atoms with Gasteiger partial charge >= 0.3 is 29.6 Å². The van der Waals surface area contributed by atoms with E-state index in [4.69, 9.17) is 0 Å². The van der Waals surface area contributed by atoms with Gasteiger partial charge in [-0.1, -0.05) is 79.2 Å². The molecule has 0 radical (unpaired) electrons. The van der Waals surface area contributed by atoms with Crippen LogP contribution in [0.3, 0.4) is 0 Å². The van der Waals surface area contributed by atoms with Crippen LogP contribution in [0, 0.1) is 12.8 Å². The molecular formula is C27H27Br2NaO5S. The van der Waals surface area contributed by atoms with Crippen LogP contribution in [0.5, 0.6) is 5.75 Å². The molecule has 5 nitrogen and oxygen atoms in total. The van der Waals surface area contributed by atoms with Gasteiger partial charge in [0.05, 0.1) is 4.48 Å². The third kappa shape index (κ3) is 5.85. The van der Waals surface area contributed by atoms with Crippen LogP contribution in [0.15, 0.2) is 67.0 Å². The van der Waals surface area contributed by atoms with E-state index in [1.165, 1.54) is 12.1 Å². The molecule has 1 aliphatic carbocycles. The van der Waals surface area contributed by atoms with E-state index in [-0.39, 0.29) is 63.4 Å². The van der Waals surface area contributed by atoms with Crippen molar-refractivity contribution in [3.8, 4) is 5.75 Å². The normalized spacial score (nSPS) is 15.9. The number of halogens is 2. The SMILES string of the molecule is CC1=C(Br)C(=O)C(C(C)C)=C/C1=C(/c1ccccc1S(=O)(=O)O)c1cc(C(C)C)c([O-])c(Br)c1C.[Na+]. The Kier molecular flexibility index (Phi) is 10.2. The van der Waals surface area contributed by atoms with Gasteiger partial charge in [0.25, 0.3) is 10.1 Å². The van der Waals surface area contributed by atoms with Gasteiger partial charge in [-0.3, -0.25) is 9.35 Å². The zero-order chi connectivity index (χ0) is 26.4. The van der Waals surface area contributed by atoms with Crippen molar-refractivity contribution < 1.29 is 52.4 Å². The minimum atomic E-state index is -4.58. The smallest absolute Gasteiger partial charge is 0.871 e. The first-order valence-corrected chi connectivity index (χ1v) is 14.2. The summed E-state index contributed by atoms with van der Waals surface area (Å²) >= 11 is 6.90. The van der Waals surface area contributed by atoms with Crippen molar-refractivity contribution in [2.75, 3.05) is 0 Å². The van der Waals surface area contributed by atoms with Gasteiger partial charge in [0.15, 0.2) is 5.78 Å². The third-order valence-electron chi connectivity index (χ3n) is 6.21. The Bertz CT molecular complexity index is 1430. The van der Waals surface area contributed by atoms with Gasteiger partial charge in [0.2, 0.25) is 0 Å². The maximum atomic E-state index is 13.0. The maximum Gasteiger partial charge on any atom is 1.00 e. The second kappa shape index (κ2) is 11.8. The quantitative estimate of drug-likeness (QED) is 0.394. The van der Waals surface area contributed by atoms with Gasteiger partial charge < -0.3 is 5.11 Å². The molecule has 0 spiro atoms. The van der Waals surface area contributed by atoms with Crippen molar-refractivity contribution in [3.63, 3.8) is 0 Å². The minimum Gasteiger partial charge on any atom is -0.871 e. The number of rotatable bonds is 5. The van der Waals surface area contributed by atoms with Crippen LogP contribution in [-0.2, 0) is 14.9 Å². The molecule has 3 rings (SSSR count). The van der Waals surface area contributed by atoms with E-state index in [1.54, 1.807) is 38.1 Å². The van der Waals surface area contributed by atoms with Crippen LogP contribution >= 0.6 is 31.9 Å². The van der Waals surface area contributed by atoms with Crippen LogP contribution in [0.25, 0.3) is 5.57 Å². The Labute approximate surface area is 252 Å². The summed E-state index contributed by atoms with van der Waals surface area (Å²) in [6, 6.07) is 7.98. The Morgan fingerprint density at radius 1 is 1.00 bits per heavy atom. The molecule has 0 amide bonds. The zero-order valence-corrected chi connectivity index (χ0v) is 27.4. The van der Waals surface area contributed by atoms with E-state index in [9.17, 15) is 22.9 Å². The summed E-state index contributed by atoms with van der Waals surface area (Å²) in [5.41, 5.74) is 4.47. The number of carbonyl (C=O) groups excluding carboxylic acids is 1. The van der Waals surface area contributed by atoms with Gasteiger partial charge in [-0.25, -0.2) is 0 Å². The Hall–Kier alpha value is -1.000. The summed E-state index contributed by atoms with van der Waals surface area (Å²) in [4.78, 5) is 12.7. The van der Waals surface area contributed by atoms with Gasteiger partial charge in [-0.05, 0) is 81.6 Å². The van der Waals surface area contributed by atoms with Crippen LogP contribution in [-0.4, -0.2) is 18.8 Å². The molecule has 0 atom stereocenters. The number of ketones is 1. The van der Waals surface area contributed by atoms with E-state index in [2.05, 4.69) is 31.9 Å². The minimum absolute atomic E-state index is 0. The van der Waals surface area contributed by atoms with Crippen molar-refractivity contribution in [1.29, 1.82) is 0 Å². The summed E-state index contributed by atoms with van der Waals surface area (Å²) < 4.78 is 35.7. The molecule has 1 aliphatic rings. The molecule has 9 heteroatoms. The Morgan fingerprint density at radius 2 is 1.58 bits per heavy atom. The van der Waals surface area contributed by atoms with Crippen LogP contribution in [0.4, 0.5) is 0 Å². The van der Waals surface area contributed by atoms with Gasteiger partial charge in [0.1, 0.15) is 4.90 Å². The van der Waals surface area contributed by atoms with Crippen LogP contribution in [0.1, 0.15) is 62.8 Å². The predicted molar refractivity (Wildman–Crippen MR) is 144 cm³/mol. The Balaban J connectivity index is 0.00000456. The summed E-state index contributed by atoms with van der Waals surface area (Å²) in [5, 5.41) is 13.0. The Morgan fingerprint density at radius 3 is 2.11 bits per heavy atom. The number of allylic oxidation sites excluding steroid dienone is 5. The molecule has 1 N–H and O–H groups in total. The van der Waals surface area contributed by atoms with E-state index >= 15 is 0 Å². The van der Waals surface area contributed by atoms with Crippen molar-refractivity contribution in [2.45, 2.75) is 52.4 Å². The average molecular weight is 646 g/mol. The fourth-order valence-corrected chi connectivity index (χ4v) is 5.78. The standard InChI is InChI=1S/C27H28Br2O5S.Na/c1-13(2)18-11-20(15(5)24(28)26(18)30)23(17-9-7-8-10-22(17)35(32,33)34)21-12-19(14(3)4)27(31)25(29)16(21)6;/h7-14,30H,1-6H3,(H,32,33,34);/q;+1/p-1/b23-21+;. The van der Waals surface area contributed by atoms with Crippen molar-refractivity contribution in [2.24, 2.45) is 5.92 Å². The molecule has 0 aliphatic heterocycles. The van der Waals surface area contributed by atoms with E-state index in [1.807, 2.05) is 27.7 Å². The second-order valence-corrected chi connectivity index (χ2v) is 12.2. The summed E-state index contributed by atoms with van der Waals surface area (Å²) in [6.45, 7) is 11.2. The van der Waals surface area contributed by atoms with E-state index < -0.39 is 10.1 Å². The first kappa shape index (κ1) is 31.2. The molecule has 186 valence electrons. The molecule has 2 aromatic rings. The first-order chi connectivity index (χ1) is 16.2. The average Bonchev–Trinajstić information content (AvgIpc) is 2.78. The molecule has 0 bridgehead atoms. The number of hydrogen-bond acceptors (Lipinski definition) is 4. The van der Waals surface area contributed by atoms with E-state index in [0.29, 0.717) is 47.9 Å². The maximum absolute atomic E-state index is 13.0. The summed E-state index contributed by atoms with van der Waals surface area (Å²) in [7, 11) is -4.58. The van der Waals surface area contributed by atoms with Crippen molar-refractivity contribution in [1.82, 2.24) is 0 Å². The topological polar surface area (TPSA) is 94.5 Å². The zero-order valence-electron chi connectivity index (χ0n) is 21.4. The number of hydrogen-bond donors (Lipinski definition) is 1. The van der Waals surface area contributed by atoms with Gasteiger partial charge in [0, 0.05) is 15.6 Å². The number of benzene rings is 2. The summed E-state index contributed by atoms with van der Waals surface area (Å²) in [6.07, 6.45) is 1.79. The predicted octanol–water partition coefficient (Wildman–Crippen LogP) is 3.84. The fraction of sp³-hybridized carbons (Fsp3) is 0.296. The van der Waals surface area contributed by atoms with Crippen LogP contribution in [0.2, 0.25) is 0 Å². The number of carbonyl (C=O) groups is 1. The van der Waals surface area contributed by atoms with E-state index in [0.717, 1.165) is 0 Å². The first-order valence-electron chi connectivity index (χ1n) is 11.1. The summed E-state index contributed by atoms with van der Waals surface area (Å²) in [5.74, 6) is -0.419. The molecule has 36 heavy (non-hydrogen) atoms. The third-order valence-corrected chi connectivity index (χ3v) is 9.03. The molecule has 0 aromatic heterocycles. The molecular weight excluding hydrogens is 619 g/mol. The van der Waals surface area contributed by atoms with Crippen molar-refractivity contribution >= 4 is 53.3 Å². The fourth-order valence-electron chi connectivity index (χ4n) is 4.20. The number of Topliss-reactive ketones (excluding diaryl/α,β-unsaturated/α-hetero) is 1. The van der Waals surface area contributed by atoms with Crippen LogP contribution < -0.4 is 34.7 Å².